The molecule has 162 valence electrons. The number of benzene rings is 1. The first kappa shape index (κ1) is 22.3. The molecule has 0 bridgehead atoms. The molecular formula is C20H18BrF2N5O3. The smallest absolute Gasteiger partial charge is 0.269 e. The van der Waals surface area contributed by atoms with Crippen LogP contribution in [0.2, 0.25) is 0 Å². The van der Waals surface area contributed by atoms with Crippen molar-refractivity contribution in [2.24, 2.45) is 5.73 Å². The second kappa shape index (κ2) is 9.65. The minimum Gasteiger partial charge on any atom is -0.487 e. The standard InChI is InChI=1S/C20H18BrF2N5O3/c1-11-4-16(31-10-13-2-3-14(22)5-15(13)23)18(21)19(30)28(11)9-12-6-25-20(26-7-12)27-8-17(24)29/h2-7H,8-10H2,1H3,(H2,24,29)(H,25,26,27). The fraction of sp³-hybridized carbons (Fsp3) is 0.200. The lowest BCUT2D eigenvalue weighted by Gasteiger charge is -2.15. The third-order valence-electron chi connectivity index (χ3n) is 4.28. The average Bonchev–Trinajstić information content (AvgIpc) is 2.73. The molecule has 0 radical (unpaired) electrons. The van der Waals surface area contributed by atoms with Gasteiger partial charge in [0.05, 0.1) is 13.1 Å². The Morgan fingerprint density at radius 3 is 2.61 bits per heavy atom. The van der Waals surface area contributed by atoms with E-state index < -0.39 is 17.5 Å². The summed E-state index contributed by atoms with van der Waals surface area (Å²) in [7, 11) is 0. The number of rotatable bonds is 8. The van der Waals surface area contributed by atoms with Gasteiger partial charge in [0.25, 0.3) is 5.56 Å². The van der Waals surface area contributed by atoms with Gasteiger partial charge in [-0.2, -0.15) is 0 Å². The highest BCUT2D eigenvalue weighted by atomic mass is 79.9. The SMILES string of the molecule is Cc1cc(OCc2ccc(F)cc2F)c(Br)c(=O)n1Cc1cnc(NCC(N)=O)nc1. The van der Waals surface area contributed by atoms with Gasteiger partial charge in [0, 0.05) is 41.3 Å². The Balaban J connectivity index is 1.75. The maximum absolute atomic E-state index is 13.8. The monoisotopic (exact) mass is 493 g/mol. The molecule has 0 fully saturated rings. The predicted molar refractivity (Wildman–Crippen MR) is 113 cm³/mol. The lowest BCUT2D eigenvalue weighted by molar-refractivity contribution is -0.116. The van der Waals surface area contributed by atoms with Gasteiger partial charge >= 0.3 is 0 Å². The number of primary amides is 1. The summed E-state index contributed by atoms with van der Waals surface area (Å²) in [6.45, 7) is 1.67. The summed E-state index contributed by atoms with van der Waals surface area (Å²) in [4.78, 5) is 31.7. The van der Waals surface area contributed by atoms with Gasteiger partial charge in [-0.25, -0.2) is 18.7 Å². The molecule has 0 aliphatic rings. The third-order valence-corrected chi connectivity index (χ3v) is 5.01. The van der Waals surface area contributed by atoms with Gasteiger partial charge in [0.15, 0.2) is 0 Å². The molecule has 0 atom stereocenters. The number of hydrogen-bond acceptors (Lipinski definition) is 6. The van der Waals surface area contributed by atoms with Crippen LogP contribution in [0.15, 0.2) is 45.9 Å². The molecule has 3 rings (SSSR count). The van der Waals surface area contributed by atoms with Crippen molar-refractivity contribution in [2.45, 2.75) is 20.1 Å². The number of amides is 1. The minimum atomic E-state index is -0.727. The van der Waals surface area contributed by atoms with Crippen LogP contribution in [-0.2, 0) is 17.9 Å². The molecular weight excluding hydrogens is 476 g/mol. The Hall–Kier alpha value is -3.34. The number of aromatic nitrogens is 3. The van der Waals surface area contributed by atoms with Gasteiger partial charge in [0.2, 0.25) is 11.9 Å². The minimum absolute atomic E-state index is 0.0891. The van der Waals surface area contributed by atoms with Crippen LogP contribution in [0.5, 0.6) is 5.75 Å². The van der Waals surface area contributed by atoms with E-state index in [-0.39, 0.29) is 47.0 Å². The first-order chi connectivity index (χ1) is 14.7. The lowest BCUT2D eigenvalue weighted by Crippen LogP contribution is -2.25. The highest BCUT2D eigenvalue weighted by Gasteiger charge is 2.14. The molecule has 0 saturated heterocycles. The number of aryl methyl sites for hydroxylation is 1. The van der Waals surface area contributed by atoms with Crippen molar-refractivity contribution >= 4 is 27.8 Å². The number of carbonyl (C=O) groups excluding carboxylic acids is 1. The van der Waals surface area contributed by atoms with E-state index in [9.17, 15) is 18.4 Å². The van der Waals surface area contributed by atoms with Gasteiger partial charge < -0.3 is 20.4 Å². The van der Waals surface area contributed by atoms with Crippen LogP contribution in [0.3, 0.4) is 0 Å². The summed E-state index contributed by atoms with van der Waals surface area (Å²) in [6.07, 6.45) is 3.05. The molecule has 8 nitrogen and oxygen atoms in total. The Kier molecular flexibility index (Phi) is 6.95. The molecule has 0 aliphatic carbocycles. The third kappa shape index (κ3) is 5.63. The molecule has 31 heavy (non-hydrogen) atoms. The zero-order valence-electron chi connectivity index (χ0n) is 16.4. The largest absolute Gasteiger partial charge is 0.487 e. The van der Waals surface area contributed by atoms with Crippen molar-refractivity contribution < 1.29 is 18.3 Å². The van der Waals surface area contributed by atoms with Crippen LogP contribution in [0.25, 0.3) is 0 Å². The predicted octanol–water partition coefficient (Wildman–Crippen LogP) is 2.51. The van der Waals surface area contributed by atoms with Gasteiger partial charge in [-0.15, -0.1) is 0 Å². The van der Waals surface area contributed by atoms with E-state index >= 15 is 0 Å². The van der Waals surface area contributed by atoms with Crippen LogP contribution in [0, 0.1) is 18.6 Å². The average molecular weight is 494 g/mol. The summed E-state index contributed by atoms with van der Waals surface area (Å²) in [5, 5.41) is 2.67. The number of nitrogens with two attached hydrogens (primary N) is 1. The van der Waals surface area contributed by atoms with Crippen molar-refractivity contribution in [2.75, 3.05) is 11.9 Å². The first-order valence-corrected chi connectivity index (χ1v) is 9.83. The van der Waals surface area contributed by atoms with Gasteiger partial charge in [-0.05, 0) is 35.0 Å². The molecule has 1 amide bonds. The molecule has 3 N–H and O–H groups in total. The van der Waals surface area contributed by atoms with Crippen molar-refractivity contribution in [1.29, 1.82) is 0 Å². The number of nitrogens with zero attached hydrogens (tertiary/aromatic N) is 3. The number of pyridine rings is 1. The van der Waals surface area contributed by atoms with E-state index in [1.165, 1.54) is 23.0 Å². The van der Waals surface area contributed by atoms with E-state index in [0.717, 1.165) is 12.1 Å². The summed E-state index contributed by atoms with van der Waals surface area (Å²) in [5.41, 5.74) is 6.12. The van der Waals surface area contributed by atoms with Crippen LogP contribution < -0.4 is 21.3 Å². The van der Waals surface area contributed by atoms with Crippen LogP contribution in [-0.4, -0.2) is 27.0 Å². The first-order valence-electron chi connectivity index (χ1n) is 9.04. The molecule has 0 aliphatic heterocycles. The summed E-state index contributed by atoms with van der Waals surface area (Å²) >= 11 is 3.23. The Morgan fingerprint density at radius 1 is 1.26 bits per heavy atom. The van der Waals surface area contributed by atoms with Gasteiger partial charge in [0.1, 0.15) is 28.5 Å². The van der Waals surface area contributed by atoms with Crippen molar-refractivity contribution in [3.05, 3.63) is 79.9 Å². The molecule has 2 heterocycles. The molecule has 0 saturated carbocycles. The van der Waals surface area contributed by atoms with Gasteiger partial charge in [-0.3, -0.25) is 9.59 Å². The Bertz CT molecular complexity index is 1170. The number of carbonyl (C=O) groups is 1. The van der Waals surface area contributed by atoms with E-state index in [1.54, 1.807) is 13.0 Å². The highest BCUT2D eigenvalue weighted by molar-refractivity contribution is 9.10. The van der Waals surface area contributed by atoms with Gasteiger partial charge in [-0.1, -0.05) is 0 Å². The van der Waals surface area contributed by atoms with Crippen molar-refractivity contribution in [3.8, 4) is 5.75 Å². The Labute approximate surface area is 184 Å². The molecule has 2 aromatic heterocycles. The van der Waals surface area contributed by atoms with E-state index in [2.05, 4.69) is 31.2 Å². The van der Waals surface area contributed by atoms with Crippen molar-refractivity contribution in [3.63, 3.8) is 0 Å². The lowest BCUT2D eigenvalue weighted by atomic mass is 10.2. The molecule has 11 heteroatoms. The topological polar surface area (TPSA) is 112 Å². The van der Waals surface area contributed by atoms with Crippen LogP contribution >= 0.6 is 15.9 Å². The number of halogens is 3. The number of anilines is 1. The van der Waals surface area contributed by atoms with E-state index in [1.807, 2.05) is 0 Å². The quantitative estimate of drug-likeness (QED) is 0.498. The highest BCUT2D eigenvalue weighted by Crippen LogP contribution is 2.24. The molecule has 1 aromatic carbocycles. The number of nitrogens with one attached hydrogen (secondary N) is 1. The second-order valence-electron chi connectivity index (χ2n) is 6.61. The maximum atomic E-state index is 13.8. The maximum Gasteiger partial charge on any atom is 0.269 e. The van der Waals surface area contributed by atoms with Crippen molar-refractivity contribution in [1.82, 2.24) is 14.5 Å². The summed E-state index contributed by atoms with van der Waals surface area (Å²) in [5.74, 6) is -1.46. The van der Waals surface area contributed by atoms with Crippen LogP contribution in [0.1, 0.15) is 16.8 Å². The summed E-state index contributed by atoms with van der Waals surface area (Å²) in [6, 6.07) is 4.83. The number of ether oxygens (including phenoxy) is 1. The second-order valence-corrected chi connectivity index (χ2v) is 7.41. The molecule has 0 unspecified atom stereocenters. The Morgan fingerprint density at radius 2 is 1.97 bits per heavy atom. The fourth-order valence-electron chi connectivity index (χ4n) is 2.69. The van der Waals surface area contributed by atoms with Crippen LogP contribution in [0.4, 0.5) is 14.7 Å². The zero-order valence-corrected chi connectivity index (χ0v) is 17.9. The van der Waals surface area contributed by atoms with E-state index in [0.29, 0.717) is 11.3 Å². The fourth-order valence-corrected chi connectivity index (χ4v) is 3.13. The van der Waals surface area contributed by atoms with E-state index in [4.69, 9.17) is 10.5 Å². The zero-order chi connectivity index (χ0) is 22.5. The normalized spacial score (nSPS) is 10.7. The molecule has 0 spiro atoms. The summed E-state index contributed by atoms with van der Waals surface area (Å²) < 4.78 is 34.1. The number of hydrogen-bond donors (Lipinski definition) is 2. The molecule has 3 aromatic rings.